The Kier molecular flexibility index (Phi) is 34.4. The first-order valence-corrected chi connectivity index (χ1v) is 19.2. The van der Waals surface area contributed by atoms with Gasteiger partial charge < -0.3 is 15.5 Å². The fourth-order valence-electron chi connectivity index (χ4n) is 6.13. The molecule has 0 aliphatic rings. The van der Waals surface area contributed by atoms with Gasteiger partial charge in [0.2, 0.25) is 5.91 Å². The van der Waals surface area contributed by atoms with Crippen LogP contribution in [0.1, 0.15) is 219 Å². The van der Waals surface area contributed by atoms with Gasteiger partial charge in [-0.2, -0.15) is 0 Å². The lowest BCUT2D eigenvalue weighted by Gasteiger charge is -2.22. The van der Waals surface area contributed by atoms with Crippen molar-refractivity contribution in [2.45, 2.75) is 231 Å². The summed E-state index contributed by atoms with van der Waals surface area (Å²) in [5.74, 6) is -0.0470. The molecule has 0 aromatic rings. The van der Waals surface area contributed by atoms with E-state index in [0.717, 1.165) is 38.5 Å². The quantitative estimate of drug-likeness (QED) is 0.0638. The normalized spacial score (nSPS) is 13.0. The predicted octanol–water partition coefficient (Wildman–Crippen LogP) is 11.3. The van der Waals surface area contributed by atoms with E-state index in [1.54, 1.807) is 0 Å². The molecule has 0 aromatic carbocycles. The molecule has 42 heavy (non-hydrogen) atoms. The van der Waals surface area contributed by atoms with Crippen molar-refractivity contribution >= 4 is 5.91 Å². The van der Waals surface area contributed by atoms with Crippen molar-refractivity contribution in [2.24, 2.45) is 0 Å². The molecule has 0 aliphatic heterocycles. The van der Waals surface area contributed by atoms with E-state index in [4.69, 9.17) is 0 Å². The molecule has 0 fully saturated rings. The summed E-state index contributed by atoms with van der Waals surface area (Å²) in [6.07, 6.45) is 40.8. The molecule has 252 valence electrons. The van der Waals surface area contributed by atoms with Crippen molar-refractivity contribution < 1.29 is 15.0 Å². The molecule has 0 radical (unpaired) electrons. The molecule has 0 bridgehead atoms. The molecule has 2 atom stereocenters. The third-order valence-corrected chi connectivity index (χ3v) is 9.12. The lowest BCUT2D eigenvalue weighted by atomic mass is 10.0. The van der Waals surface area contributed by atoms with Gasteiger partial charge in [-0.1, -0.05) is 200 Å². The maximum absolute atomic E-state index is 12.0. The average molecular weight is 596 g/mol. The van der Waals surface area contributed by atoms with Gasteiger partial charge in [0, 0.05) is 6.42 Å². The van der Waals surface area contributed by atoms with E-state index in [1.165, 1.54) is 154 Å². The number of carbonyl (C=O) groups excluding carboxylic acids is 1. The van der Waals surface area contributed by atoms with Crippen LogP contribution in [0.2, 0.25) is 0 Å². The van der Waals surface area contributed by atoms with Crippen LogP contribution >= 0.6 is 0 Å². The van der Waals surface area contributed by atoms with Crippen molar-refractivity contribution in [2.75, 3.05) is 6.61 Å². The van der Waals surface area contributed by atoms with Gasteiger partial charge in [0.25, 0.3) is 0 Å². The molecule has 0 aromatic heterocycles. The van der Waals surface area contributed by atoms with Crippen LogP contribution in [-0.4, -0.2) is 34.9 Å². The van der Waals surface area contributed by atoms with Gasteiger partial charge in [0.15, 0.2) is 0 Å². The topological polar surface area (TPSA) is 69.6 Å². The van der Waals surface area contributed by atoms with Crippen molar-refractivity contribution in [1.82, 2.24) is 5.32 Å². The second-order valence-electron chi connectivity index (χ2n) is 13.4. The zero-order valence-electron chi connectivity index (χ0n) is 28.8. The molecule has 1 amide bonds. The van der Waals surface area contributed by atoms with Gasteiger partial charge in [-0.25, -0.2) is 0 Å². The first-order chi connectivity index (χ1) is 20.7. The summed E-state index contributed by atoms with van der Waals surface area (Å²) in [6, 6.07) is -0.525. The van der Waals surface area contributed by atoms with Gasteiger partial charge >= 0.3 is 0 Å². The molecule has 3 N–H and O–H groups in total. The van der Waals surface area contributed by atoms with Crippen LogP contribution in [0, 0.1) is 0 Å². The van der Waals surface area contributed by atoms with Gasteiger partial charge in [-0.3, -0.25) is 4.79 Å². The Morgan fingerprint density at radius 1 is 0.476 bits per heavy atom. The lowest BCUT2D eigenvalue weighted by molar-refractivity contribution is -0.123. The highest BCUT2D eigenvalue weighted by molar-refractivity contribution is 5.76. The second kappa shape index (κ2) is 34.9. The standard InChI is InChI=1S/C38H77NO3/c1-3-5-7-9-10-11-12-13-14-15-16-17-18-19-20-21-22-23-24-25-26-27-28-29-30-31-33-37(41)36(35-40)39-38(42)34-32-8-6-4-2/h36-37,40-41H,3-35H2,1-2H3,(H,39,42). The number of aliphatic hydroxyl groups is 2. The number of hydrogen-bond donors (Lipinski definition) is 3. The molecule has 4 nitrogen and oxygen atoms in total. The Labute approximate surface area is 264 Å². The lowest BCUT2D eigenvalue weighted by Crippen LogP contribution is -2.45. The molecule has 0 saturated carbocycles. The zero-order chi connectivity index (χ0) is 30.8. The van der Waals surface area contributed by atoms with Crippen LogP contribution in [0.4, 0.5) is 0 Å². The van der Waals surface area contributed by atoms with Gasteiger partial charge in [0.1, 0.15) is 0 Å². The number of aliphatic hydroxyl groups excluding tert-OH is 2. The van der Waals surface area contributed by atoms with Crippen molar-refractivity contribution in [3.63, 3.8) is 0 Å². The van der Waals surface area contributed by atoms with E-state index in [1.807, 2.05) is 0 Å². The van der Waals surface area contributed by atoms with Crippen LogP contribution in [0.3, 0.4) is 0 Å². The highest BCUT2D eigenvalue weighted by atomic mass is 16.3. The highest BCUT2D eigenvalue weighted by Gasteiger charge is 2.19. The first-order valence-electron chi connectivity index (χ1n) is 19.2. The molecule has 0 saturated heterocycles. The summed E-state index contributed by atoms with van der Waals surface area (Å²) in [5, 5.41) is 22.8. The first kappa shape index (κ1) is 41.4. The largest absolute Gasteiger partial charge is 0.394 e. The Morgan fingerprint density at radius 3 is 1.07 bits per heavy atom. The Bertz CT molecular complexity index is 526. The van der Waals surface area contributed by atoms with Crippen LogP contribution in [-0.2, 0) is 4.79 Å². The van der Waals surface area contributed by atoms with E-state index in [0.29, 0.717) is 12.8 Å². The van der Waals surface area contributed by atoms with Gasteiger partial charge in [-0.05, 0) is 12.8 Å². The number of nitrogens with one attached hydrogen (secondary N) is 1. The molecule has 2 unspecified atom stereocenters. The predicted molar refractivity (Wildman–Crippen MR) is 184 cm³/mol. The van der Waals surface area contributed by atoms with E-state index in [9.17, 15) is 15.0 Å². The monoisotopic (exact) mass is 596 g/mol. The van der Waals surface area contributed by atoms with E-state index in [2.05, 4.69) is 19.2 Å². The van der Waals surface area contributed by atoms with Gasteiger partial charge in [0.05, 0.1) is 18.8 Å². The zero-order valence-corrected chi connectivity index (χ0v) is 28.8. The summed E-state index contributed by atoms with van der Waals surface area (Å²) < 4.78 is 0. The summed E-state index contributed by atoms with van der Waals surface area (Å²) in [6.45, 7) is 4.26. The Balaban J connectivity index is 3.32. The summed E-state index contributed by atoms with van der Waals surface area (Å²) in [7, 11) is 0. The molecule has 0 heterocycles. The smallest absolute Gasteiger partial charge is 0.220 e. The van der Waals surface area contributed by atoms with E-state index in [-0.39, 0.29) is 12.5 Å². The van der Waals surface area contributed by atoms with Crippen LogP contribution < -0.4 is 5.32 Å². The summed E-state index contributed by atoms with van der Waals surface area (Å²) >= 11 is 0. The Hall–Kier alpha value is -0.610. The van der Waals surface area contributed by atoms with Crippen LogP contribution in [0.15, 0.2) is 0 Å². The maximum atomic E-state index is 12.0. The number of hydrogen-bond acceptors (Lipinski definition) is 3. The average Bonchev–Trinajstić information content (AvgIpc) is 2.99. The SMILES string of the molecule is CCCCCCCCCCCCCCCCCCCCCCCCCCCCC(O)C(CO)NC(=O)CCCCCC. The van der Waals surface area contributed by atoms with Crippen LogP contribution in [0.5, 0.6) is 0 Å². The maximum Gasteiger partial charge on any atom is 0.220 e. The minimum Gasteiger partial charge on any atom is -0.394 e. The van der Waals surface area contributed by atoms with E-state index < -0.39 is 12.1 Å². The number of amides is 1. The fraction of sp³-hybridized carbons (Fsp3) is 0.974. The minimum absolute atomic E-state index is 0.0470. The van der Waals surface area contributed by atoms with Crippen LogP contribution in [0.25, 0.3) is 0 Å². The molecular formula is C38H77NO3. The summed E-state index contributed by atoms with van der Waals surface area (Å²) in [5.41, 5.74) is 0. The number of rotatable bonds is 35. The summed E-state index contributed by atoms with van der Waals surface area (Å²) in [4.78, 5) is 12.0. The third-order valence-electron chi connectivity index (χ3n) is 9.12. The molecular weight excluding hydrogens is 518 g/mol. The molecule has 0 aliphatic carbocycles. The third kappa shape index (κ3) is 30.8. The molecule has 4 heteroatoms. The van der Waals surface area contributed by atoms with Crippen molar-refractivity contribution in [3.05, 3.63) is 0 Å². The second-order valence-corrected chi connectivity index (χ2v) is 13.4. The van der Waals surface area contributed by atoms with Gasteiger partial charge in [-0.15, -0.1) is 0 Å². The minimum atomic E-state index is -0.649. The fourth-order valence-corrected chi connectivity index (χ4v) is 6.13. The Morgan fingerprint density at radius 2 is 0.762 bits per heavy atom. The number of carbonyl (C=O) groups is 1. The van der Waals surface area contributed by atoms with Crippen molar-refractivity contribution in [1.29, 1.82) is 0 Å². The van der Waals surface area contributed by atoms with E-state index >= 15 is 0 Å². The number of unbranched alkanes of at least 4 members (excludes halogenated alkanes) is 28. The molecule has 0 spiro atoms. The highest BCUT2D eigenvalue weighted by Crippen LogP contribution is 2.16. The molecule has 0 rings (SSSR count). The van der Waals surface area contributed by atoms with Crippen molar-refractivity contribution in [3.8, 4) is 0 Å².